The molecular formula is C17H15F3N4. The van der Waals surface area contributed by atoms with Crippen molar-refractivity contribution in [3.63, 3.8) is 0 Å². The van der Waals surface area contributed by atoms with Crippen LogP contribution in [-0.4, -0.2) is 14.8 Å². The average Bonchev–Trinajstić information content (AvgIpc) is 2.99. The molecule has 0 unspecified atom stereocenters. The van der Waals surface area contributed by atoms with Crippen molar-refractivity contribution < 1.29 is 13.2 Å². The lowest BCUT2D eigenvalue weighted by Crippen LogP contribution is -2.08. The van der Waals surface area contributed by atoms with Gasteiger partial charge in [-0.2, -0.15) is 18.3 Å². The first-order valence-corrected chi connectivity index (χ1v) is 7.31. The number of nitrogens with one attached hydrogen (secondary N) is 1. The normalized spacial score (nSPS) is 11.5. The molecule has 7 heteroatoms. The molecule has 4 nitrogen and oxygen atoms in total. The van der Waals surface area contributed by atoms with E-state index in [0.29, 0.717) is 12.4 Å². The van der Waals surface area contributed by atoms with Crippen molar-refractivity contribution in [3.05, 3.63) is 71.7 Å². The Morgan fingerprint density at radius 2 is 1.88 bits per heavy atom. The molecule has 0 saturated heterocycles. The van der Waals surface area contributed by atoms with Crippen molar-refractivity contribution in [1.82, 2.24) is 14.8 Å². The molecule has 2 aromatic heterocycles. The van der Waals surface area contributed by atoms with Crippen LogP contribution in [0.5, 0.6) is 0 Å². The fourth-order valence-corrected chi connectivity index (χ4v) is 2.28. The number of halogens is 3. The van der Waals surface area contributed by atoms with Crippen LogP contribution in [0.4, 0.5) is 19.0 Å². The molecule has 0 atom stereocenters. The Morgan fingerprint density at radius 3 is 2.50 bits per heavy atom. The van der Waals surface area contributed by atoms with Gasteiger partial charge in [0.2, 0.25) is 0 Å². The summed E-state index contributed by atoms with van der Waals surface area (Å²) in [7, 11) is 0. The van der Waals surface area contributed by atoms with E-state index in [4.69, 9.17) is 0 Å². The molecule has 0 saturated carbocycles. The number of hydrogen-bond donors (Lipinski definition) is 1. The molecule has 1 aromatic carbocycles. The van der Waals surface area contributed by atoms with E-state index in [2.05, 4.69) is 15.4 Å². The van der Waals surface area contributed by atoms with Crippen molar-refractivity contribution in [2.75, 3.05) is 5.32 Å². The summed E-state index contributed by atoms with van der Waals surface area (Å²) >= 11 is 0. The van der Waals surface area contributed by atoms with E-state index < -0.39 is 11.7 Å². The highest BCUT2D eigenvalue weighted by atomic mass is 19.4. The minimum absolute atomic E-state index is 0.384. The largest absolute Gasteiger partial charge is 0.417 e. The Hall–Kier alpha value is -2.83. The first-order chi connectivity index (χ1) is 11.4. The Morgan fingerprint density at radius 1 is 1.08 bits per heavy atom. The smallest absolute Gasteiger partial charge is 0.366 e. The first kappa shape index (κ1) is 16.0. The van der Waals surface area contributed by atoms with Crippen LogP contribution in [0.2, 0.25) is 0 Å². The summed E-state index contributed by atoms with van der Waals surface area (Å²) in [6.45, 7) is 2.33. The second-order valence-corrected chi connectivity index (χ2v) is 5.31. The summed E-state index contributed by atoms with van der Waals surface area (Å²) in [5.41, 5.74) is 2.01. The van der Waals surface area contributed by atoms with Crippen LogP contribution in [0.25, 0.3) is 5.69 Å². The third-order valence-electron chi connectivity index (χ3n) is 3.51. The van der Waals surface area contributed by atoms with Crippen LogP contribution in [0.15, 0.2) is 54.9 Å². The van der Waals surface area contributed by atoms with Crippen LogP contribution in [-0.2, 0) is 12.7 Å². The van der Waals surface area contributed by atoms with Gasteiger partial charge in [0.15, 0.2) is 0 Å². The molecule has 0 fully saturated rings. The van der Waals surface area contributed by atoms with Crippen LogP contribution in [0.1, 0.15) is 16.8 Å². The Balaban J connectivity index is 1.76. The zero-order chi connectivity index (χ0) is 17.2. The molecule has 124 valence electrons. The predicted octanol–water partition coefficient (Wildman–Crippen LogP) is 4.21. The monoisotopic (exact) mass is 332 g/mol. The van der Waals surface area contributed by atoms with Gasteiger partial charge in [0.05, 0.1) is 16.9 Å². The lowest BCUT2D eigenvalue weighted by atomic mass is 10.1. The molecule has 2 heterocycles. The molecule has 3 rings (SSSR count). The molecule has 0 amide bonds. The molecule has 24 heavy (non-hydrogen) atoms. The summed E-state index contributed by atoms with van der Waals surface area (Å²) in [4.78, 5) is 3.81. The zero-order valence-electron chi connectivity index (χ0n) is 12.9. The molecule has 0 aliphatic carbocycles. The lowest BCUT2D eigenvalue weighted by Gasteiger charge is -2.12. The number of benzene rings is 1. The lowest BCUT2D eigenvalue weighted by molar-refractivity contribution is -0.137. The maximum absolute atomic E-state index is 12.5. The van der Waals surface area contributed by atoms with E-state index in [-0.39, 0.29) is 0 Å². The molecule has 0 spiro atoms. The fourth-order valence-electron chi connectivity index (χ4n) is 2.28. The average molecular weight is 332 g/mol. The second kappa shape index (κ2) is 6.35. The molecule has 0 bridgehead atoms. The second-order valence-electron chi connectivity index (χ2n) is 5.31. The van der Waals surface area contributed by atoms with E-state index in [1.165, 1.54) is 6.07 Å². The number of para-hydroxylation sites is 1. The fraction of sp³-hybridized carbons (Fsp3) is 0.176. The van der Waals surface area contributed by atoms with Gasteiger partial charge in [-0.15, -0.1) is 0 Å². The van der Waals surface area contributed by atoms with Gasteiger partial charge < -0.3 is 5.32 Å². The van der Waals surface area contributed by atoms with Crippen LogP contribution >= 0.6 is 0 Å². The van der Waals surface area contributed by atoms with Gasteiger partial charge in [-0.25, -0.2) is 9.67 Å². The number of aryl methyl sites for hydroxylation is 1. The van der Waals surface area contributed by atoms with Gasteiger partial charge in [-0.1, -0.05) is 18.2 Å². The Labute approximate surface area is 137 Å². The molecule has 1 N–H and O–H groups in total. The van der Waals surface area contributed by atoms with E-state index in [9.17, 15) is 13.2 Å². The predicted molar refractivity (Wildman–Crippen MR) is 84.9 cm³/mol. The number of pyridine rings is 1. The van der Waals surface area contributed by atoms with E-state index in [0.717, 1.165) is 29.2 Å². The molecule has 0 aliphatic rings. The van der Waals surface area contributed by atoms with E-state index in [1.807, 2.05) is 43.5 Å². The number of hydrogen-bond acceptors (Lipinski definition) is 3. The molecule has 0 radical (unpaired) electrons. The van der Waals surface area contributed by atoms with Gasteiger partial charge in [0, 0.05) is 18.9 Å². The summed E-state index contributed by atoms with van der Waals surface area (Å²) in [6.07, 6.45) is -1.69. The topological polar surface area (TPSA) is 42.7 Å². The van der Waals surface area contributed by atoms with E-state index in [1.54, 1.807) is 4.68 Å². The Kier molecular flexibility index (Phi) is 4.24. The third-order valence-corrected chi connectivity index (χ3v) is 3.51. The van der Waals surface area contributed by atoms with Crippen LogP contribution in [0, 0.1) is 6.92 Å². The van der Waals surface area contributed by atoms with Gasteiger partial charge in [-0.05, 0) is 36.8 Å². The highest BCUT2D eigenvalue weighted by Gasteiger charge is 2.30. The van der Waals surface area contributed by atoms with Crippen molar-refractivity contribution >= 4 is 5.82 Å². The number of anilines is 1. The number of alkyl halides is 3. The zero-order valence-corrected chi connectivity index (χ0v) is 12.9. The third kappa shape index (κ3) is 3.56. The maximum atomic E-state index is 12.5. The first-order valence-electron chi connectivity index (χ1n) is 7.31. The van der Waals surface area contributed by atoms with E-state index >= 15 is 0 Å². The minimum Gasteiger partial charge on any atom is -0.366 e. The standard InChI is InChI=1S/C17H15F3N4/c1-12-8-9-24(23-12)15-5-3-2-4-13(15)10-21-16-7-6-14(11-22-16)17(18,19)20/h2-9,11H,10H2,1H3,(H,21,22). The molecule has 3 aromatic rings. The summed E-state index contributed by atoms with van der Waals surface area (Å²) in [5, 5.41) is 7.42. The van der Waals surface area contributed by atoms with Gasteiger partial charge in [0.1, 0.15) is 5.82 Å². The number of rotatable bonds is 4. The number of aromatic nitrogens is 3. The summed E-state index contributed by atoms with van der Waals surface area (Å²) in [5.74, 6) is 0.384. The van der Waals surface area contributed by atoms with Crippen LogP contribution in [0.3, 0.4) is 0 Å². The van der Waals surface area contributed by atoms with Crippen molar-refractivity contribution in [2.24, 2.45) is 0 Å². The summed E-state index contributed by atoms with van der Waals surface area (Å²) in [6, 6.07) is 11.9. The minimum atomic E-state index is -4.38. The van der Waals surface area contributed by atoms with Gasteiger partial charge in [-0.3, -0.25) is 0 Å². The SMILES string of the molecule is Cc1ccn(-c2ccccc2CNc2ccc(C(F)(F)F)cn2)n1. The molecular weight excluding hydrogens is 317 g/mol. The van der Waals surface area contributed by atoms with Crippen molar-refractivity contribution in [1.29, 1.82) is 0 Å². The highest BCUT2D eigenvalue weighted by molar-refractivity contribution is 5.44. The molecule has 0 aliphatic heterocycles. The highest BCUT2D eigenvalue weighted by Crippen LogP contribution is 2.29. The van der Waals surface area contributed by atoms with Gasteiger partial charge >= 0.3 is 6.18 Å². The Bertz CT molecular complexity index is 822. The maximum Gasteiger partial charge on any atom is 0.417 e. The summed E-state index contributed by atoms with van der Waals surface area (Å²) < 4.78 is 39.4. The van der Waals surface area contributed by atoms with Gasteiger partial charge in [0.25, 0.3) is 0 Å². The van der Waals surface area contributed by atoms with Crippen molar-refractivity contribution in [3.8, 4) is 5.69 Å². The number of nitrogens with zero attached hydrogens (tertiary/aromatic N) is 3. The quantitative estimate of drug-likeness (QED) is 0.778. The van der Waals surface area contributed by atoms with Crippen molar-refractivity contribution in [2.45, 2.75) is 19.6 Å². The van der Waals surface area contributed by atoms with Crippen LogP contribution < -0.4 is 5.32 Å².